The van der Waals surface area contributed by atoms with Crippen molar-refractivity contribution in [3.05, 3.63) is 0 Å². The molecule has 2 aliphatic carbocycles. The van der Waals surface area contributed by atoms with Gasteiger partial charge >= 0.3 is 11.9 Å². The topological polar surface area (TPSA) is 93.1 Å². The van der Waals surface area contributed by atoms with Crippen molar-refractivity contribution < 1.29 is 29.3 Å². The highest BCUT2D eigenvalue weighted by molar-refractivity contribution is 5.76. The van der Waals surface area contributed by atoms with Crippen LogP contribution in [0.5, 0.6) is 0 Å². The Kier molecular flexibility index (Phi) is 6.36. The molecule has 166 valence electrons. The van der Waals surface area contributed by atoms with Crippen molar-refractivity contribution >= 4 is 11.9 Å². The van der Waals surface area contributed by atoms with E-state index in [0.717, 1.165) is 25.7 Å². The van der Waals surface area contributed by atoms with Crippen LogP contribution in [-0.2, 0) is 19.1 Å². The molecule has 0 spiro atoms. The summed E-state index contributed by atoms with van der Waals surface area (Å²) in [5, 5.41) is 20.9. The Labute approximate surface area is 174 Å². The van der Waals surface area contributed by atoms with E-state index < -0.39 is 17.5 Å². The van der Waals surface area contributed by atoms with E-state index in [-0.39, 0.29) is 48.4 Å². The van der Waals surface area contributed by atoms with Gasteiger partial charge in [-0.15, -0.1) is 0 Å². The van der Waals surface area contributed by atoms with Crippen LogP contribution in [0.1, 0.15) is 79.6 Å². The molecule has 3 aliphatic rings. The van der Waals surface area contributed by atoms with Crippen molar-refractivity contribution in [3.63, 3.8) is 0 Å². The third-order valence-electron chi connectivity index (χ3n) is 8.40. The van der Waals surface area contributed by atoms with Gasteiger partial charge in [0.05, 0.1) is 30.1 Å². The van der Waals surface area contributed by atoms with Gasteiger partial charge in [0.1, 0.15) is 6.10 Å². The molecule has 1 heterocycles. The number of esters is 1. The molecule has 0 aromatic rings. The molecular weight excluding hydrogens is 372 g/mol. The Balaban J connectivity index is 1.87. The van der Waals surface area contributed by atoms with E-state index in [9.17, 15) is 14.7 Å². The van der Waals surface area contributed by atoms with Gasteiger partial charge in [-0.1, -0.05) is 27.7 Å². The van der Waals surface area contributed by atoms with E-state index >= 15 is 0 Å². The lowest BCUT2D eigenvalue weighted by Gasteiger charge is -2.58. The predicted molar refractivity (Wildman–Crippen MR) is 108 cm³/mol. The second-order valence-corrected chi connectivity index (χ2v) is 10.3. The number of hydrogen-bond donors (Lipinski definition) is 2. The lowest BCUT2D eigenvalue weighted by Crippen LogP contribution is -2.66. The second kappa shape index (κ2) is 8.18. The van der Waals surface area contributed by atoms with Crippen LogP contribution in [0.25, 0.3) is 0 Å². The van der Waals surface area contributed by atoms with Gasteiger partial charge in [-0.25, -0.2) is 0 Å². The molecule has 0 amide bonds. The number of carboxylic acid groups (broad SMARTS) is 1. The fourth-order valence-corrected chi connectivity index (χ4v) is 6.14. The molecular formula is C23H38O6. The number of rotatable bonds is 5. The molecule has 3 rings (SSSR count). The lowest BCUT2D eigenvalue weighted by molar-refractivity contribution is -0.262. The van der Waals surface area contributed by atoms with Crippen LogP contribution >= 0.6 is 0 Å². The number of carbonyl (C=O) groups is 2. The van der Waals surface area contributed by atoms with Gasteiger partial charge in [0.2, 0.25) is 0 Å². The van der Waals surface area contributed by atoms with Crippen LogP contribution in [0.2, 0.25) is 0 Å². The maximum Gasteiger partial charge on any atom is 0.306 e. The quantitative estimate of drug-likeness (QED) is 0.670. The molecule has 8 atom stereocenters. The first kappa shape index (κ1) is 22.5. The molecule has 2 saturated carbocycles. The summed E-state index contributed by atoms with van der Waals surface area (Å²) in [4.78, 5) is 23.0. The number of hydrogen-bond acceptors (Lipinski definition) is 5. The van der Waals surface area contributed by atoms with Crippen molar-refractivity contribution in [1.29, 1.82) is 0 Å². The molecule has 0 aromatic carbocycles. The van der Waals surface area contributed by atoms with Gasteiger partial charge < -0.3 is 19.7 Å². The minimum atomic E-state index is -1.00. The fraction of sp³-hybridized carbons (Fsp3) is 0.913. The SMILES string of the molecule is CC(C)[C@]1(C)CC[C@H]2[C@H](C)CC[C@H]3[C@@H](C)[C@H](OC(=O)CCC(=O)O)C[C@H](O1)[C@]32O. The van der Waals surface area contributed by atoms with Crippen molar-refractivity contribution in [2.45, 2.75) is 103 Å². The molecule has 1 saturated heterocycles. The van der Waals surface area contributed by atoms with Gasteiger partial charge in [-0.2, -0.15) is 0 Å². The Morgan fingerprint density at radius 3 is 2.45 bits per heavy atom. The summed E-state index contributed by atoms with van der Waals surface area (Å²) >= 11 is 0. The largest absolute Gasteiger partial charge is 0.481 e. The maximum atomic E-state index is 12.2. The van der Waals surface area contributed by atoms with E-state index in [1.165, 1.54) is 0 Å². The standard InChI is InChI=1S/C23H38O6/c1-13(2)22(5)11-10-16-14(3)6-7-17-15(4)18(12-19(29-22)23(16,17)27)28-21(26)9-8-20(24)25/h13-19,27H,6-12H2,1-5H3,(H,24,25)/t14-,15-,16+,17+,18-,19+,22+,23-/m1/s1. The summed E-state index contributed by atoms with van der Waals surface area (Å²) in [6.45, 7) is 10.8. The smallest absolute Gasteiger partial charge is 0.306 e. The Bertz CT molecular complexity index is 633. The van der Waals surface area contributed by atoms with E-state index in [1.807, 2.05) is 0 Å². The van der Waals surface area contributed by atoms with Gasteiger partial charge in [0, 0.05) is 6.42 Å². The molecule has 6 nitrogen and oxygen atoms in total. The zero-order chi connectivity index (χ0) is 21.6. The molecule has 3 fully saturated rings. The first-order chi connectivity index (χ1) is 13.5. The highest BCUT2D eigenvalue weighted by Gasteiger charge is 2.63. The summed E-state index contributed by atoms with van der Waals surface area (Å²) < 4.78 is 12.4. The number of aliphatic hydroxyl groups is 1. The zero-order valence-electron chi connectivity index (χ0n) is 18.5. The van der Waals surface area contributed by atoms with Gasteiger partial charge in [0.25, 0.3) is 0 Å². The van der Waals surface area contributed by atoms with E-state index in [1.54, 1.807) is 0 Å². The third-order valence-corrected chi connectivity index (χ3v) is 8.40. The molecule has 0 bridgehead atoms. The van der Waals surface area contributed by atoms with Crippen LogP contribution in [0, 0.1) is 29.6 Å². The molecule has 2 N–H and O–H groups in total. The summed E-state index contributed by atoms with van der Waals surface area (Å²) in [5.41, 5.74) is -1.21. The van der Waals surface area contributed by atoms with Gasteiger partial charge in [-0.05, 0) is 62.2 Å². The van der Waals surface area contributed by atoms with E-state index in [4.69, 9.17) is 14.6 Å². The van der Waals surface area contributed by atoms with Gasteiger partial charge in [-0.3, -0.25) is 9.59 Å². The summed E-state index contributed by atoms with van der Waals surface area (Å²) in [5.74, 6) is -0.485. The molecule has 29 heavy (non-hydrogen) atoms. The van der Waals surface area contributed by atoms with Gasteiger partial charge in [0.15, 0.2) is 0 Å². The molecule has 0 aromatic heterocycles. The Hall–Kier alpha value is -1.14. The van der Waals surface area contributed by atoms with Crippen LogP contribution in [0.15, 0.2) is 0 Å². The molecule has 0 radical (unpaired) electrons. The second-order valence-electron chi connectivity index (χ2n) is 10.3. The summed E-state index contributed by atoms with van der Waals surface area (Å²) in [6, 6.07) is 0. The normalized spacial score (nSPS) is 44.7. The fourth-order valence-electron chi connectivity index (χ4n) is 6.14. The van der Waals surface area contributed by atoms with Crippen molar-refractivity contribution in [2.24, 2.45) is 29.6 Å². The average molecular weight is 411 g/mol. The van der Waals surface area contributed by atoms with Crippen molar-refractivity contribution in [1.82, 2.24) is 0 Å². The van der Waals surface area contributed by atoms with Crippen LogP contribution in [-0.4, -0.2) is 45.6 Å². The predicted octanol–water partition coefficient (Wildman–Crippen LogP) is 3.79. The number of carbonyl (C=O) groups excluding carboxylic acids is 1. The van der Waals surface area contributed by atoms with Crippen molar-refractivity contribution in [2.75, 3.05) is 0 Å². The van der Waals surface area contributed by atoms with E-state index in [2.05, 4.69) is 34.6 Å². The Morgan fingerprint density at radius 1 is 1.14 bits per heavy atom. The van der Waals surface area contributed by atoms with E-state index in [0.29, 0.717) is 18.3 Å². The molecule has 6 heteroatoms. The zero-order valence-corrected chi connectivity index (χ0v) is 18.5. The first-order valence-electron chi connectivity index (χ1n) is 11.3. The molecule has 0 unspecified atom stereocenters. The number of aliphatic carboxylic acids is 1. The minimum Gasteiger partial charge on any atom is -0.481 e. The third kappa shape index (κ3) is 4.07. The number of ether oxygens (including phenoxy) is 2. The summed E-state index contributed by atoms with van der Waals surface area (Å²) in [6.07, 6.45) is 3.24. The molecule has 1 aliphatic heterocycles. The Morgan fingerprint density at radius 2 is 1.83 bits per heavy atom. The summed E-state index contributed by atoms with van der Waals surface area (Å²) in [7, 11) is 0. The lowest BCUT2D eigenvalue weighted by atomic mass is 9.53. The van der Waals surface area contributed by atoms with Crippen molar-refractivity contribution in [3.8, 4) is 0 Å². The van der Waals surface area contributed by atoms with Crippen LogP contribution in [0.4, 0.5) is 0 Å². The minimum absolute atomic E-state index is 0.0204. The number of carboxylic acids is 1. The van der Waals surface area contributed by atoms with Crippen LogP contribution in [0.3, 0.4) is 0 Å². The highest BCUT2D eigenvalue weighted by Crippen LogP contribution is 2.57. The van der Waals surface area contributed by atoms with Crippen LogP contribution < -0.4 is 0 Å². The highest BCUT2D eigenvalue weighted by atomic mass is 16.6. The maximum absolute atomic E-state index is 12.2. The average Bonchev–Trinajstić information content (AvgIpc) is 2.74. The monoisotopic (exact) mass is 410 g/mol. The first-order valence-corrected chi connectivity index (χ1v) is 11.3.